The molecule has 0 heterocycles. The predicted octanol–water partition coefficient (Wildman–Crippen LogP) is 20.4. The van der Waals surface area contributed by atoms with E-state index in [9.17, 15) is 14.4 Å². The van der Waals surface area contributed by atoms with Crippen molar-refractivity contribution < 1.29 is 28.6 Å². The minimum atomic E-state index is -0.808. The molecule has 6 heteroatoms. The van der Waals surface area contributed by atoms with Gasteiger partial charge in [-0.25, -0.2) is 0 Å². The van der Waals surface area contributed by atoms with Crippen molar-refractivity contribution in [2.45, 2.75) is 271 Å². The van der Waals surface area contributed by atoms with E-state index >= 15 is 0 Å². The van der Waals surface area contributed by atoms with E-state index in [-0.39, 0.29) is 37.5 Å². The Morgan fingerprint density at radius 1 is 0.288 bits per heavy atom. The molecule has 0 rings (SSSR count). The Hall–Kier alpha value is -4.19. The van der Waals surface area contributed by atoms with Crippen molar-refractivity contribution in [1.29, 1.82) is 0 Å². The predicted molar refractivity (Wildman–Crippen MR) is 316 cm³/mol. The summed E-state index contributed by atoms with van der Waals surface area (Å²) >= 11 is 0. The Morgan fingerprint density at radius 2 is 0.534 bits per heavy atom. The highest BCUT2D eigenvalue weighted by Gasteiger charge is 2.19. The number of allylic oxidation sites excluding steroid dienone is 20. The lowest BCUT2D eigenvalue weighted by Crippen LogP contribution is -2.30. The first-order valence-electron chi connectivity index (χ1n) is 30.0. The molecule has 1 unspecified atom stereocenters. The van der Waals surface area contributed by atoms with Crippen molar-refractivity contribution in [3.63, 3.8) is 0 Å². The second-order valence-electron chi connectivity index (χ2n) is 19.5. The lowest BCUT2D eigenvalue weighted by atomic mass is 10.1. The van der Waals surface area contributed by atoms with Crippen molar-refractivity contribution in [3.05, 3.63) is 122 Å². The molecule has 0 saturated heterocycles. The fraction of sp³-hybridized carbons (Fsp3) is 0.657. The Morgan fingerprint density at radius 3 is 0.836 bits per heavy atom. The van der Waals surface area contributed by atoms with Crippen molar-refractivity contribution in [2.75, 3.05) is 13.2 Å². The summed E-state index contributed by atoms with van der Waals surface area (Å²) in [7, 11) is 0. The maximum absolute atomic E-state index is 12.9. The van der Waals surface area contributed by atoms with E-state index in [2.05, 4.69) is 142 Å². The van der Waals surface area contributed by atoms with Gasteiger partial charge in [-0.15, -0.1) is 0 Å². The highest BCUT2D eigenvalue weighted by Crippen LogP contribution is 2.14. The second-order valence-corrected chi connectivity index (χ2v) is 19.5. The van der Waals surface area contributed by atoms with Crippen molar-refractivity contribution in [2.24, 2.45) is 0 Å². The topological polar surface area (TPSA) is 78.9 Å². The van der Waals surface area contributed by atoms with Crippen LogP contribution < -0.4 is 0 Å². The van der Waals surface area contributed by atoms with Gasteiger partial charge in [0.25, 0.3) is 0 Å². The van der Waals surface area contributed by atoms with Crippen LogP contribution in [-0.2, 0) is 28.6 Å². The van der Waals surface area contributed by atoms with Crippen molar-refractivity contribution >= 4 is 17.9 Å². The van der Waals surface area contributed by atoms with E-state index in [1.54, 1.807) is 0 Å². The maximum Gasteiger partial charge on any atom is 0.306 e. The van der Waals surface area contributed by atoms with E-state index in [4.69, 9.17) is 14.2 Å². The van der Waals surface area contributed by atoms with Gasteiger partial charge in [0, 0.05) is 19.3 Å². The van der Waals surface area contributed by atoms with Gasteiger partial charge in [0.2, 0.25) is 0 Å². The number of ether oxygens (including phenoxy) is 3. The molecule has 73 heavy (non-hydrogen) atoms. The number of rotatable bonds is 53. The summed E-state index contributed by atoms with van der Waals surface area (Å²) in [5.41, 5.74) is 0. The number of carbonyl (C=O) groups excluding carboxylic acids is 3. The van der Waals surface area contributed by atoms with Gasteiger partial charge in [-0.3, -0.25) is 14.4 Å². The third-order valence-electron chi connectivity index (χ3n) is 12.4. The molecular weight excluding hydrogens is 901 g/mol. The summed E-state index contributed by atoms with van der Waals surface area (Å²) in [5.74, 6) is -0.953. The first-order valence-corrected chi connectivity index (χ1v) is 30.0. The zero-order chi connectivity index (χ0) is 52.9. The van der Waals surface area contributed by atoms with Crippen LogP contribution in [0.3, 0.4) is 0 Å². The SMILES string of the molecule is CC/C=C\C/C=C\C/C=C\C/C=C\CCCCCCC(=O)OCC(COC(=O)CCCCCCCCCCC/C=C\C/C=C\CCCCCCC)OC(=O)CCCCCC/C=C\C/C=C\C/C=C\C/C=C\CC. The molecule has 0 aromatic carbocycles. The lowest BCUT2D eigenvalue weighted by molar-refractivity contribution is -0.167. The fourth-order valence-corrected chi connectivity index (χ4v) is 7.98. The van der Waals surface area contributed by atoms with Crippen LogP contribution in [0.5, 0.6) is 0 Å². The normalized spacial score (nSPS) is 13.0. The fourth-order valence-electron chi connectivity index (χ4n) is 7.98. The molecule has 0 aliphatic heterocycles. The van der Waals surface area contributed by atoms with E-state index in [1.807, 2.05) is 0 Å². The van der Waals surface area contributed by atoms with Gasteiger partial charge in [-0.1, -0.05) is 239 Å². The summed E-state index contributed by atoms with van der Waals surface area (Å²) < 4.78 is 16.9. The second kappa shape index (κ2) is 60.4. The summed E-state index contributed by atoms with van der Waals surface area (Å²) in [4.78, 5) is 38.3. The van der Waals surface area contributed by atoms with E-state index in [1.165, 1.54) is 83.5 Å². The summed E-state index contributed by atoms with van der Waals surface area (Å²) in [6, 6.07) is 0. The standard InChI is InChI=1S/C67H110O6/c1-4-7-10-13-16-19-22-25-28-31-32-33-34-37-39-42-45-48-51-54-57-60-66(69)72-63-64(73-67(70)61-58-55-52-49-46-43-40-36-30-27-24-21-18-15-12-9-6-3)62-71-65(68)59-56-53-50-47-44-41-38-35-29-26-23-20-17-14-11-8-5-2/h8-9,11-12,17-18,20-22,25-27,29-32,38,40-41,43,64H,4-7,10,13-16,19,23-24,28,33-37,39,42,44-63H2,1-3H3/b11-8-,12-9-,20-17-,21-18-,25-22-,29-26-,30-27-,32-31-,41-38-,43-40-. The van der Waals surface area contributed by atoms with Gasteiger partial charge in [0.1, 0.15) is 13.2 Å². The maximum atomic E-state index is 12.9. The quantitative estimate of drug-likeness (QED) is 0.0261. The number of hydrogen-bond acceptors (Lipinski definition) is 6. The molecule has 0 saturated carbocycles. The zero-order valence-electron chi connectivity index (χ0n) is 47.4. The molecule has 0 radical (unpaired) electrons. The van der Waals surface area contributed by atoms with Crippen LogP contribution in [0.15, 0.2) is 122 Å². The largest absolute Gasteiger partial charge is 0.462 e. The molecule has 0 aliphatic rings. The summed E-state index contributed by atoms with van der Waals surface area (Å²) in [6.45, 7) is 6.36. The van der Waals surface area contributed by atoms with Crippen LogP contribution in [-0.4, -0.2) is 37.2 Å². The molecule has 414 valence electrons. The minimum absolute atomic E-state index is 0.101. The lowest BCUT2D eigenvalue weighted by Gasteiger charge is -2.18. The van der Waals surface area contributed by atoms with E-state index in [0.29, 0.717) is 12.8 Å². The molecule has 0 amide bonds. The van der Waals surface area contributed by atoms with Crippen LogP contribution in [0, 0.1) is 0 Å². The van der Waals surface area contributed by atoms with Gasteiger partial charge in [0.05, 0.1) is 0 Å². The minimum Gasteiger partial charge on any atom is -0.462 e. The molecule has 0 aromatic heterocycles. The van der Waals surface area contributed by atoms with Crippen LogP contribution in [0.2, 0.25) is 0 Å². The molecule has 0 bridgehead atoms. The average Bonchev–Trinajstić information content (AvgIpc) is 3.39. The van der Waals surface area contributed by atoms with Crippen LogP contribution >= 0.6 is 0 Å². The Balaban J connectivity index is 4.47. The van der Waals surface area contributed by atoms with Crippen LogP contribution in [0.4, 0.5) is 0 Å². The molecular formula is C67H110O6. The molecule has 6 nitrogen and oxygen atoms in total. The Kier molecular flexibility index (Phi) is 56.9. The Labute approximate surface area is 450 Å². The molecule has 0 spiro atoms. The first kappa shape index (κ1) is 68.8. The number of hydrogen-bond donors (Lipinski definition) is 0. The van der Waals surface area contributed by atoms with Gasteiger partial charge in [0.15, 0.2) is 6.10 Å². The highest BCUT2D eigenvalue weighted by molar-refractivity contribution is 5.71. The number of esters is 3. The third-order valence-corrected chi connectivity index (χ3v) is 12.4. The first-order chi connectivity index (χ1) is 36.0. The monoisotopic (exact) mass is 1010 g/mol. The van der Waals surface area contributed by atoms with Crippen LogP contribution in [0.1, 0.15) is 265 Å². The smallest absolute Gasteiger partial charge is 0.306 e. The Bertz CT molecular complexity index is 1540. The van der Waals surface area contributed by atoms with E-state index < -0.39 is 6.10 Å². The summed E-state index contributed by atoms with van der Waals surface area (Å²) in [6.07, 6.45) is 83.3. The molecule has 0 aliphatic carbocycles. The summed E-state index contributed by atoms with van der Waals surface area (Å²) in [5, 5.41) is 0. The van der Waals surface area contributed by atoms with Crippen LogP contribution in [0.25, 0.3) is 0 Å². The highest BCUT2D eigenvalue weighted by atomic mass is 16.6. The molecule has 1 atom stereocenters. The van der Waals surface area contributed by atoms with Gasteiger partial charge in [-0.2, -0.15) is 0 Å². The van der Waals surface area contributed by atoms with Crippen molar-refractivity contribution in [3.8, 4) is 0 Å². The average molecular weight is 1010 g/mol. The number of carbonyl (C=O) groups is 3. The third kappa shape index (κ3) is 58.6. The van der Waals surface area contributed by atoms with E-state index in [0.717, 1.165) is 141 Å². The molecule has 0 aromatic rings. The van der Waals surface area contributed by atoms with Crippen molar-refractivity contribution in [1.82, 2.24) is 0 Å². The molecule has 0 N–H and O–H groups in total. The van der Waals surface area contributed by atoms with Gasteiger partial charge in [-0.05, 0) is 128 Å². The zero-order valence-corrected chi connectivity index (χ0v) is 47.4. The molecule has 0 fully saturated rings. The van der Waals surface area contributed by atoms with Gasteiger partial charge < -0.3 is 14.2 Å². The van der Waals surface area contributed by atoms with Gasteiger partial charge >= 0.3 is 17.9 Å². The number of unbranched alkanes of at least 4 members (excludes halogenated alkanes) is 22.